The molecule has 0 radical (unpaired) electrons. The fourth-order valence-corrected chi connectivity index (χ4v) is 6.91. The van der Waals surface area contributed by atoms with Crippen LogP contribution in [0.5, 0.6) is 0 Å². The second-order valence-electron chi connectivity index (χ2n) is 14.9. The lowest BCUT2D eigenvalue weighted by Crippen LogP contribution is -2.37. The summed E-state index contributed by atoms with van der Waals surface area (Å²) in [6.45, 7) is 12.8. The normalized spacial score (nSPS) is 25.2. The maximum absolute atomic E-state index is 13.2. The molecule has 6 heteroatoms. The maximum Gasteiger partial charge on any atom is 0.220 e. The standard InChI is InChI=1S/C39H60N2O4/c1-28-9-6-12-33(45-34-23-25-40-26-24-34)21-22-35(28)36(42)13-7-10-30-17-19-32(20-18-30)41-38(43)14-8-11-31-16-15-29(2)44-37(27-31)39(3,4)5/h12,16,21-22,27,29-30,32,34,40H,6-11,13-15,17-20,23-26H2,1-5H3,(H,41,43). The summed E-state index contributed by atoms with van der Waals surface area (Å²) in [5, 5.41) is 6.69. The molecule has 2 fully saturated rings. The van der Waals surface area contributed by atoms with Crippen LogP contribution in [0.1, 0.15) is 131 Å². The lowest BCUT2D eigenvalue weighted by Gasteiger charge is -2.29. The Bertz CT molecular complexity index is 1150. The molecule has 2 aliphatic heterocycles. The van der Waals surface area contributed by atoms with Gasteiger partial charge in [-0.15, -0.1) is 0 Å². The Hall–Kier alpha value is -2.60. The molecule has 45 heavy (non-hydrogen) atoms. The van der Waals surface area contributed by atoms with E-state index in [1.165, 1.54) is 11.1 Å². The van der Waals surface area contributed by atoms with E-state index in [0.29, 0.717) is 18.8 Å². The average Bonchev–Trinajstić information content (AvgIpc) is 3.19. The summed E-state index contributed by atoms with van der Waals surface area (Å²) in [5.41, 5.74) is 3.34. The van der Waals surface area contributed by atoms with Crippen LogP contribution in [0.15, 0.2) is 58.6 Å². The second kappa shape index (κ2) is 17.4. The first-order chi connectivity index (χ1) is 21.6. The van der Waals surface area contributed by atoms with Crippen LogP contribution in [0.3, 0.4) is 0 Å². The number of ketones is 1. The predicted molar refractivity (Wildman–Crippen MR) is 184 cm³/mol. The van der Waals surface area contributed by atoms with Crippen molar-refractivity contribution in [1.29, 1.82) is 0 Å². The number of carbonyl (C=O) groups is 2. The van der Waals surface area contributed by atoms with Crippen molar-refractivity contribution in [3.05, 3.63) is 58.6 Å². The van der Waals surface area contributed by atoms with Crippen molar-refractivity contribution >= 4 is 11.7 Å². The van der Waals surface area contributed by atoms with Gasteiger partial charge in [-0.1, -0.05) is 38.8 Å². The number of allylic oxidation sites excluding steroid dienone is 8. The molecule has 0 bridgehead atoms. The Kier molecular flexibility index (Phi) is 13.6. The number of ether oxygens (including phenoxy) is 2. The molecule has 0 aromatic rings. The third-order valence-electron chi connectivity index (χ3n) is 9.82. The van der Waals surface area contributed by atoms with E-state index < -0.39 is 0 Å². The van der Waals surface area contributed by atoms with Gasteiger partial charge in [-0.2, -0.15) is 0 Å². The van der Waals surface area contributed by atoms with Crippen molar-refractivity contribution in [3.63, 3.8) is 0 Å². The van der Waals surface area contributed by atoms with E-state index >= 15 is 0 Å². The van der Waals surface area contributed by atoms with Crippen LogP contribution in [-0.2, 0) is 19.1 Å². The molecule has 1 amide bonds. The number of hydrogen-bond donors (Lipinski definition) is 2. The van der Waals surface area contributed by atoms with Gasteiger partial charge in [0.2, 0.25) is 5.91 Å². The number of amides is 1. The molecule has 1 atom stereocenters. The van der Waals surface area contributed by atoms with Crippen LogP contribution in [0, 0.1) is 11.3 Å². The molecule has 4 aliphatic rings. The van der Waals surface area contributed by atoms with Gasteiger partial charge in [0, 0.05) is 36.3 Å². The highest BCUT2D eigenvalue weighted by Gasteiger charge is 2.25. The smallest absolute Gasteiger partial charge is 0.220 e. The van der Waals surface area contributed by atoms with Crippen molar-refractivity contribution in [2.24, 2.45) is 11.3 Å². The van der Waals surface area contributed by atoms with E-state index in [2.05, 4.69) is 63.5 Å². The van der Waals surface area contributed by atoms with Crippen molar-refractivity contribution in [2.45, 2.75) is 149 Å². The third-order valence-corrected chi connectivity index (χ3v) is 9.82. The Morgan fingerprint density at radius 2 is 1.76 bits per heavy atom. The first kappa shape index (κ1) is 35.3. The molecule has 0 aromatic carbocycles. The molecule has 2 heterocycles. The van der Waals surface area contributed by atoms with E-state index in [1.807, 2.05) is 12.2 Å². The van der Waals surface area contributed by atoms with E-state index in [9.17, 15) is 9.59 Å². The number of piperidine rings is 1. The van der Waals surface area contributed by atoms with Gasteiger partial charge in [0.25, 0.3) is 0 Å². The highest BCUT2D eigenvalue weighted by molar-refractivity contribution is 5.98. The second-order valence-corrected chi connectivity index (χ2v) is 14.9. The molecular formula is C39H60N2O4. The van der Waals surface area contributed by atoms with E-state index in [1.54, 1.807) is 0 Å². The molecule has 0 aromatic heterocycles. The number of Topliss-reactive ketones (excluding diaryl/α,β-unsaturated/α-hetero) is 1. The van der Waals surface area contributed by atoms with Crippen molar-refractivity contribution < 1.29 is 19.1 Å². The highest BCUT2D eigenvalue weighted by Crippen LogP contribution is 2.33. The lowest BCUT2D eigenvalue weighted by atomic mass is 9.82. The molecule has 1 saturated heterocycles. The van der Waals surface area contributed by atoms with Crippen molar-refractivity contribution in [3.8, 4) is 0 Å². The van der Waals surface area contributed by atoms with Crippen LogP contribution >= 0.6 is 0 Å². The van der Waals surface area contributed by atoms with Gasteiger partial charge in [0.05, 0.1) is 6.10 Å². The summed E-state index contributed by atoms with van der Waals surface area (Å²) in [4.78, 5) is 26.0. The fourth-order valence-electron chi connectivity index (χ4n) is 6.91. The summed E-state index contributed by atoms with van der Waals surface area (Å²) in [6.07, 6.45) is 25.2. The van der Waals surface area contributed by atoms with Gasteiger partial charge >= 0.3 is 0 Å². The van der Waals surface area contributed by atoms with Crippen LogP contribution in [-0.4, -0.2) is 43.0 Å². The van der Waals surface area contributed by atoms with Gasteiger partial charge in [0.15, 0.2) is 5.78 Å². The minimum atomic E-state index is -0.0180. The van der Waals surface area contributed by atoms with Crippen LogP contribution in [0.25, 0.3) is 0 Å². The first-order valence-electron chi connectivity index (χ1n) is 17.9. The number of carbonyl (C=O) groups excluding carboxylic acids is 2. The van der Waals surface area contributed by atoms with Gasteiger partial charge in [-0.05, 0) is 133 Å². The zero-order valence-corrected chi connectivity index (χ0v) is 28.8. The van der Waals surface area contributed by atoms with E-state index in [0.717, 1.165) is 114 Å². The monoisotopic (exact) mass is 620 g/mol. The minimum Gasteiger partial charge on any atom is -0.494 e. The van der Waals surface area contributed by atoms with E-state index in [4.69, 9.17) is 9.47 Å². The lowest BCUT2D eigenvalue weighted by molar-refractivity contribution is -0.122. The van der Waals surface area contributed by atoms with Crippen molar-refractivity contribution in [1.82, 2.24) is 10.6 Å². The third kappa shape index (κ3) is 11.9. The van der Waals surface area contributed by atoms with Gasteiger partial charge in [-0.25, -0.2) is 0 Å². The Morgan fingerprint density at radius 1 is 1.00 bits per heavy atom. The van der Waals surface area contributed by atoms with Crippen LogP contribution in [0.2, 0.25) is 0 Å². The quantitative estimate of drug-likeness (QED) is 0.229. The molecule has 1 saturated carbocycles. The fraction of sp³-hybridized carbons (Fsp3) is 0.692. The number of hydrogen-bond acceptors (Lipinski definition) is 5. The summed E-state index contributed by atoms with van der Waals surface area (Å²) in [5.74, 6) is 3.05. The molecule has 1 unspecified atom stereocenters. The topological polar surface area (TPSA) is 76.7 Å². The van der Waals surface area contributed by atoms with Crippen LogP contribution in [0.4, 0.5) is 0 Å². The molecule has 2 aliphatic carbocycles. The minimum absolute atomic E-state index is 0.0180. The highest BCUT2D eigenvalue weighted by atomic mass is 16.5. The maximum atomic E-state index is 13.2. The largest absolute Gasteiger partial charge is 0.494 e. The van der Waals surface area contributed by atoms with Crippen molar-refractivity contribution in [2.75, 3.05) is 13.1 Å². The first-order valence-corrected chi connectivity index (χ1v) is 17.9. The zero-order chi connectivity index (χ0) is 32.2. The molecule has 6 nitrogen and oxygen atoms in total. The van der Waals surface area contributed by atoms with Gasteiger partial charge in [-0.3, -0.25) is 9.59 Å². The zero-order valence-electron chi connectivity index (χ0n) is 28.8. The molecule has 4 rings (SSSR count). The number of rotatable bonds is 12. The van der Waals surface area contributed by atoms with E-state index in [-0.39, 0.29) is 35.4 Å². The Labute approximate surface area is 273 Å². The van der Waals surface area contributed by atoms with Gasteiger partial charge in [0.1, 0.15) is 17.6 Å². The van der Waals surface area contributed by atoms with Gasteiger partial charge < -0.3 is 20.1 Å². The Morgan fingerprint density at radius 3 is 2.49 bits per heavy atom. The molecule has 0 spiro atoms. The molecular weight excluding hydrogens is 560 g/mol. The summed E-state index contributed by atoms with van der Waals surface area (Å²) in [7, 11) is 0. The molecule has 250 valence electrons. The summed E-state index contributed by atoms with van der Waals surface area (Å²) < 4.78 is 12.4. The predicted octanol–water partition coefficient (Wildman–Crippen LogP) is 8.56. The molecule has 2 N–H and O–H groups in total. The summed E-state index contributed by atoms with van der Waals surface area (Å²) >= 11 is 0. The van der Waals surface area contributed by atoms with Crippen LogP contribution < -0.4 is 10.6 Å². The Balaban J connectivity index is 1.12. The SMILES string of the molecule is CC1=C(C(=O)CCCC2CCC(NC(=O)CCCC3=CCC(C)OC(C(C)(C)C)=C3)CC2)C=CC(OC2CCNCC2)=CCC1. The number of nitrogens with one attached hydrogen (secondary N) is 2. The average molecular weight is 621 g/mol. The summed E-state index contributed by atoms with van der Waals surface area (Å²) in [6, 6.07) is 0.288.